The van der Waals surface area contributed by atoms with Crippen LogP contribution in [0.3, 0.4) is 0 Å². The van der Waals surface area contributed by atoms with Crippen LogP contribution in [0, 0.1) is 5.92 Å². The summed E-state index contributed by atoms with van der Waals surface area (Å²) < 4.78 is 5.40. The third kappa shape index (κ3) is 5.82. The molecule has 0 spiro atoms. The van der Waals surface area contributed by atoms with E-state index in [9.17, 15) is 9.59 Å². The topological polar surface area (TPSA) is 70.7 Å². The average Bonchev–Trinajstić information content (AvgIpc) is 2.71. The molecule has 1 fully saturated rings. The Labute approximate surface area is 165 Å². The molecule has 1 aliphatic rings. The number of para-hydroxylation sites is 1. The molecule has 2 aromatic carbocycles. The molecule has 0 saturated carbocycles. The van der Waals surface area contributed by atoms with E-state index in [1.807, 2.05) is 61.5 Å². The fraction of sp³-hybridized carbons (Fsp3) is 0.364. The molecule has 0 aliphatic carbocycles. The molecule has 2 aromatic rings. The molecule has 0 radical (unpaired) electrons. The zero-order valence-corrected chi connectivity index (χ0v) is 16.2. The number of likely N-dealkylation sites (tertiary alicyclic amines) is 1. The van der Waals surface area contributed by atoms with Gasteiger partial charge in [0.2, 0.25) is 11.8 Å². The number of carbonyl (C=O) groups excluding carboxylic acids is 2. The Morgan fingerprint density at radius 1 is 0.964 bits per heavy atom. The van der Waals surface area contributed by atoms with E-state index in [2.05, 4.69) is 15.5 Å². The lowest BCUT2D eigenvalue weighted by Gasteiger charge is -2.30. The number of ether oxygens (including phenoxy) is 1. The molecule has 1 aliphatic heterocycles. The van der Waals surface area contributed by atoms with Crippen molar-refractivity contribution in [1.29, 1.82) is 0 Å². The van der Waals surface area contributed by atoms with Gasteiger partial charge in [0.05, 0.1) is 13.2 Å². The first kappa shape index (κ1) is 19.9. The predicted molar refractivity (Wildman–Crippen MR) is 110 cm³/mol. The number of hydrogen-bond donors (Lipinski definition) is 2. The summed E-state index contributed by atoms with van der Waals surface area (Å²) >= 11 is 0. The molecule has 0 unspecified atom stereocenters. The maximum absolute atomic E-state index is 12.4. The summed E-state index contributed by atoms with van der Waals surface area (Å²) in [4.78, 5) is 26.8. The highest BCUT2D eigenvalue weighted by Crippen LogP contribution is 2.20. The first-order chi connectivity index (χ1) is 13.6. The van der Waals surface area contributed by atoms with Gasteiger partial charge in [-0.1, -0.05) is 18.2 Å². The van der Waals surface area contributed by atoms with Crippen LogP contribution in [0.4, 0.5) is 11.4 Å². The quantitative estimate of drug-likeness (QED) is 0.771. The standard InChI is InChI=1S/C22H27N3O3/c1-2-28-20-10-8-19(9-11-20)23-21(26)16-25-14-12-17(13-15-25)22(27)24-18-6-4-3-5-7-18/h3-11,17H,2,12-16H2,1H3,(H,23,26)(H,24,27). The van der Waals surface area contributed by atoms with Crippen molar-refractivity contribution < 1.29 is 14.3 Å². The Balaban J connectivity index is 1.41. The van der Waals surface area contributed by atoms with Gasteiger partial charge in [-0.05, 0) is 69.3 Å². The molecule has 0 aromatic heterocycles. The van der Waals surface area contributed by atoms with Gasteiger partial charge in [-0.25, -0.2) is 0 Å². The van der Waals surface area contributed by atoms with E-state index in [4.69, 9.17) is 4.74 Å². The van der Waals surface area contributed by atoms with E-state index in [1.165, 1.54) is 0 Å². The van der Waals surface area contributed by atoms with Crippen LogP contribution in [0.5, 0.6) is 5.75 Å². The number of rotatable bonds is 7. The van der Waals surface area contributed by atoms with Crippen LogP contribution in [0.1, 0.15) is 19.8 Å². The molecule has 2 N–H and O–H groups in total. The van der Waals surface area contributed by atoms with Gasteiger partial charge in [-0.3, -0.25) is 14.5 Å². The molecule has 6 heteroatoms. The highest BCUT2D eigenvalue weighted by Gasteiger charge is 2.26. The maximum Gasteiger partial charge on any atom is 0.238 e. The maximum atomic E-state index is 12.4. The van der Waals surface area contributed by atoms with Crippen LogP contribution in [-0.2, 0) is 9.59 Å². The van der Waals surface area contributed by atoms with Gasteiger partial charge in [-0.2, -0.15) is 0 Å². The molecule has 1 heterocycles. The van der Waals surface area contributed by atoms with Crippen molar-refractivity contribution in [3.8, 4) is 5.75 Å². The van der Waals surface area contributed by atoms with Crippen LogP contribution in [0.2, 0.25) is 0 Å². The van der Waals surface area contributed by atoms with Crippen molar-refractivity contribution in [3.05, 3.63) is 54.6 Å². The highest BCUT2D eigenvalue weighted by molar-refractivity contribution is 5.93. The number of benzene rings is 2. The Bertz CT molecular complexity index is 769. The summed E-state index contributed by atoms with van der Waals surface area (Å²) in [6, 6.07) is 16.9. The first-order valence-electron chi connectivity index (χ1n) is 9.75. The van der Waals surface area contributed by atoms with Crippen molar-refractivity contribution in [1.82, 2.24) is 4.90 Å². The van der Waals surface area contributed by atoms with E-state index in [0.717, 1.165) is 43.1 Å². The van der Waals surface area contributed by atoms with Crippen LogP contribution in [0.25, 0.3) is 0 Å². The molecule has 2 amide bonds. The summed E-state index contributed by atoms with van der Waals surface area (Å²) in [6.07, 6.45) is 1.52. The fourth-order valence-corrected chi connectivity index (χ4v) is 3.32. The molecule has 28 heavy (non-hydrogen) atoms. The van der Waals surface area contributed by atoms with Crippen LogP contribution in [0.15, 0.2) is 54.6 Å². The molecular weight excluding hydrogens is 354 g/mol. The van der Waals surface area contributed by atoms with Gasteiger partial charge in [-0.15, -0.1) is 0 Å². The van der Waals surface area contributed by atoms with Crippen LogP contribution in [-0.4, -0.2) is 43.0 Å². The van der Waals surface area contributed by atoms with Crippen molar-refractivity contribution in [3.63, 3.8) is 0 Å². The number of hydrogen-bond acceptors (Lipinski definition) is 4. The van der Waals surface area contributed by atoms with Crippen molar-refractivity contribution in [2.24, 2.45) is 5.92 Å². The van der Waals surface area contributed by atoms with E-state index >= 15 is 0 Å². The number of carbonyl (C=O) groups is 2. The predicted octanol–water partition coefficient (Wildman–Crippen LogP) is 3.37. The minimum atomic E-state index is -0.0450. The van der Waals surface area contributed by atoms with Crippen molar-refractivity contribution in [2.75, 3.05) is 36.9 Å². The van der Waals surface area contributed by atoms with Gasteiger partial charge in [0.1, 0.15) is 5.75 Å². The minimum Gasteiger partial charge on any atom is -0.494 e. The Morgan fingerprint density at radius 3 is 2.25 bits per heavy atom. The number of nitrogens with zero attached hydrogens (tertiary/aromatic N) is 1. The van der Waals surface area contributed by atoms with Crippen LogP contribution < -0.4 is 15.4 Å². The van der Waals surface area contributed by atoms with Gasteiger partial charge >= 0.3 is 0 Å². The number of piperidine rings is 1. The molecular formula is C22H27N3O3. The Morgan fingerprint density at radius 2 is 1.61 bits per heavy atom. The van der Waals surface area contributed by atoms with E-state index in [1.54, 1.807) is 0 Å². The lowest BCUT2D eigenvalue weighted by Crippen LogP contribution is -2.41. The average molecular weight is 381 g/mol. The number of anilines is 2. The minimum absolute atomic E-state index is 0.00868. The fourth-order valence-electron chi connectivity index (χ4n) is 3.32. The highest BCUT2D eigenvalue weighted by atomic mass is 16.5. The van der Waals surface area contributed by atoms with Crippen molar-refractivity contribution >= 4 is 23.2 Å². The summed E-state index contributed by atoms with van der Waals surface area (Å²) in [7, 11) is 0. The molecule has 0 atom stereocenters. The molecule has 3 rings (SSSR count). The van der Waals surface area contributed by atoms with E-state index in [-0.39, 0.29) is 17.7 Å². The van der Waals surface area contributed by atoms with Gasteiger partial charge < -0.3 is 15.4 Å². The third-order valence-corrected chi connectivity index (χ3v) is 4.82. The second-order valence-electron chi connectivity index (χ2n) is 6.91. The smallest absolute Gasteiger partial charge is 0.238 e. The molecule has 6 nitrogen and oxygen atoms in total. The zero-order chi connectivity index (χ0) is 19.8. The summed E-state index contributed by atoms with van der Waals surface area (Å²) in [5.74, 6) is 0.794. The summed E-state index contributed by atoms with van der Waals surface area (Å²) in [6.45, 7) is 4.36. The van der Waals surface area contributed by atoms with Crippen LogP contribution >= 0.6 is 0 Å². The van der Waals surface area contributed by atoms with Gasteiger partial charge in [0, 0.05) is 17.3 Å². The Kier molecular flexibility index (Phi) is 7.03. The lowest BCUT2D eigenvalue weighted by molar-refractivity contribution is -0.121. The summed E-state index contributed by atoms with van der Waals surface area (Å²) in [5.41, 5.74) is 1.58. The SMILES string of the molecule is CCOc1ccc(NC(=O)CN2CCC(C(=O)Nc3ccccc3)CC2)cc1. The zero-order valence-electron chi connectivity index (χ0n) is 16.2. The van der Waals surface area contributed by atoms with Gasteiger partial charge in [0.25, 0.3) is 0 Å². The molecule has 148 valence electrons. The van der Waals surface area contributed by atoms with E-state index < -0.39 is 0 Å². The largest absolute Gasteiger partial charge is 0.494 e. The van der Waals surface area contributed by atoms with E-state index in [0.29, 0.717) is 13.2 Å². The molecule has 1 saturated heterocycles. The number of nitrogens with one attached hydrogen (secondary N) is 2. The molecule has 0 bridgehead atoms. The first-order valence-corrected chi connectivity index (χ1v) is 9.75. The Hall–Kier alpha value is -2.86. The second kappa shape index (κ2) is 9.90. The lowest BCUT2D eigenvalue weighted by atomic mass is 9.96. The van der Waals surface area contributed by atoms with Gasteiger partial charge in [0.15, 0.2) is 0 Å². The van der Waals surface area contributed by atoms with Crippen molar-refractivity contribution in [2.45, 2.75) is 19.8 Å². The third-order valence-electron chi connectivity index (χ3n) is 4.82. The second-order valence-corrected chi connectivity index (χ2v) is 6.91. The monoisotopic (exact) mass is 381 g/mol. The normalized spacial score (nSPS) is 15.0. The summed E-state index contributed by atoms with van der Waals surface area (Å²) in [5, 5.41) is 5.88. The number of amides is 2.